The summed E-state index contributed by atoms with van der Waals surface area (Å²) in [7, 11) is 1.16. The zero-order chi connectivity index (χ0) is 62.6. The smallest absolute Gasteiger partial charge is 0.306 e. The molecule has 0 aromatic heterocycles. The zero-order valence-electron chi connectivity index (χ0n) is 57.3. The van der Waals surface area contributed by atoms with Gasteiger partial charge in [0, 0.05) is 12.8 Å². The number of unbranched alkanes of at least 4 members (excludes halogenated alkanes) is 42. The summed E-state index contributed by atoms with van der Waals surface area (Å²) in [6.45, 7) is 4.14. The van der Waals surface area contributed by atoms with E-state index in [2.05, 4.69) is 86.8 Å². The molecule has 0 saturated carbocycles. The number of nitrogens with zero attached hydrogens (tertiary/aromatic N) is 1. The van der Waals surface area contributed by atoms with E-state index in [9.17, 15) is 19.0 Å². The van der Waals surface area contributed by atoms with Crippen LogP contribution in [0.2, 0.25) is 0 Å². The van der Waals surface area contributed by atoms with Crippen LogP contribution >= 0.6 is 7.82 Å². The zero-order valence-corrected chi connectivity index (χ0v) is 58.2. The first-order valence-corrected chi connectivity index (χ1v) is 38.1. The summed E-state index contributed by atoms with van der Waals surface area (Å²) < 4.78 is 34.3. The molecular formula is C76H140NO8P. The van der Waals surface area contributed by atoms with Crippen molar-refractivity contribution in [3.8, 4) is 0 Å². The number of hydrogen-bond donors (Lipinski definition) is 0. The first-order valence-electron chi connectivity index (χ1n) is 36.6. The minimum absolute atomic E-state index is 0.0364. The molecule has 9 nitrogen and oxygen atoms in total. The van der Waals surface area contributed by atoms with Gasteiger partial charge >= 0.3 is 11.9 Å². The van der Waals surface area contributed by atoms with Crippen LogP contribution in [-0.2, 0) is 32.7 Å². The van der Waals surface area contributed by atoms with Gasteiger partial charge in [-0.2, -0.15) is 0 Å². The summed E-state index contributed by atoms with van der Waals surface area (Å²) in [5, 5.41) is 0. The van der Waals surface area contributed by atoms with Crippen molar-refractivity contribution in [1.82, 2.24) is 0 Å². The standard InChI is InChI=1S/C76H140NO8P/c1-6-8-10-12-14-16-18-20-22-24-26-28-29-30-31-32-33-34-35-36-37-38-39-40-41-42-43-44-45-46-47-49-50-52-54-56-58-60-62-64-66-68-75(78)82-72-74(73-84-86(80,81)83-71-70-77(3,4)5)85-76(79)69-67-65-63-61-59-57-55-53-51-48-27-25-23-21-19-17-15-13-11-9-7-2/h9,11,15,17,21,23-24,26-27,48,53,55,74H,6-8,10,12-14,16,18-20,22,25,28-47,49-52,54,56-73H2,1-5H3/b11-9-,17-15-,23-21-,26-24-,48-27-,55-53-. The van der Waals surface area contributed by atoms with E-state index in [4.69, 9.17) is 18.5 Å². The maximum Gasteiger partial charge on any atom is 0.306 e. The summed E-state index contributed by atoms with van der Waals surface area (Å²) in [5.41, 5.74) is 0. The van der Waals surface area contributed by atoms with Gasteiger partial charge < -0.3 is 27.9 Å². The molecular weight excluding hydrogens is 1090 g/mol. The molecule has 0 saturated heterocycles. The Balaban J connectivity index is 3.90. The summed E-state index contributed by atoms with van der Waals surface area (Å²) >= 11 is 0. The molecule has 0 aromatic rings. The van der Waals surface area contributed by atoms with Gasteiger partial charge in [0.15, 0.2) is 6.10 Å². The van der Waals surface area contributed by atoms with Crippen molar-refractivity contribution < 1.29 is 42.1 Å². The van der Waals surface area contributed by atoms with E-state index in [1.54, 1.807) is 0 Å². The number of carbonyl (C=O) groups excluding carboxylic acids is 2. The third kappa shape index (κ3) is 70.5. The van der Waals surface area contributed by atoms with Crippen LogP contribution in [0.15, 0.2) is 72.9 Å². The van der Waals surface area contributed by atoms with Gasteiger partial charge in [-0.25, -0.2) is 0 Å². The summed E-state index contributed by atoms with van der Waals surface area (Å²) in [4.78, 5) is 38.0. The second kappa shape index (κ2) is 66.9. The number of ether oxygens (including phenoxy) is 2. The molecule has 0 aliphatic rings. The van der Waals surface area contributed by atoms with Gasteiger partial charge in [0.25, 0.3) is 7.82 Å². The lowest BCUT2D eigenvalue weighted by Gasteiger charge is -2.28. The molecule has 0 spiro atoms. The van der Waals surface area contributed by atoms with Gasteiger partial charge in [0.1, 0.15) is 19.8 Å². The Morgan fingerprint density at radius 3 is 1.00 bits per heavy atom. The normalized spacial score (nSPS) is 13.5. The van der Waals surface area contributed by atoms with E-state index in [-0.39, 0.29) is 32.0 Å². The summed E-state index contributed by atoms with van der Waals surface area (Å²) in [5.74, 6) is -0.845. The van der Waals surface area contributed by atoms with E-state index in [1.165, 1.54) is 231 Å². The number of phosphoric ester groups is 1. The third-order valence-corrected chi connectivity index (χ3v) is 17.2. The molecule has 86 heavy (non-hydrogen) atoms. The Kier molecular flexibility index (Phi) is 64.9. The van der Waals surface area contributed by atoms with Crippen LogP contribution in [0, 0.1) is 0 Å². The van der Waals surface area contributed by atoms with Crippen molar-refractivity contribution in [2.24, 2.45) is 0 Å². The SMILES string of the molecule is CC/C=C\C/C=C\C/C=C\C/C=C\C/C=C\CCCCCCCC(=O)OC(COC(=O)CCCCCCCCCCCCCCCCCCCCCCCCCCCCCCC/C=C\CCCCCCCCCC)COP(=O)([O-])OCC[N+](C)(C)C. The molecule has 502 valence electrons. The fourth-order valence-corrected chi connectivity index (χ4v) is 11.4. The molecule has 0 N–H and O–H groups in total. The highest BCUT2D eigenvalue weighted by molar-refractivity contribution is 7.45. The first kappa shape index (κ1) is 83.5. The topological polar surface area (TPSA) is 111 Å². The highest BCUT2D eigenvalue weighted by Crippen LogP contribution is 2.38. The quantitative estimate of drug-likeness (QED) is 0.0195. The van der Waals surface area contributed by atoms with E-state index in [1.807, 2.05) is 21.1 Å². The van der Waals surface area contributed by atoms with Crippen molar-refractivity contribution in [1.29, 1.82) is 0 Å². The monoisotopic (exact) mass is 1230 g/mol. The second-order valence-corrected chi connectivity index (χ2v) is 27.3. The molecule has 0 radical (unpaired) electrons. The Bertz CT molecular complexity index is 1680. The number of phosphoric acid groups is 1. The molecule has 0 aliphatic heterocycles. The second-order valence-electron chi connectivity index (χ2n) is 25.9. The number of quaternary nitrogens is 1. The van der Waals surface area contributed by atoms with Crippen molar-refractivity contribution in [3.63, 3.8) is 0 Å². The van der Waals surface area contributed by atoms with Gasteiger partial charge in [0.05, 0.1) is 27.7 Å². The van der Waals surface area contributed by atoms with Gasteiger partial charge in [-0.15, -0.1) is 0 Å². The largest absolute Gasteiger partial charge is 0.756 e. The van der Waals surface area contributed by atoms with Gasteiger partial charge in [0.2, 0.25) is 0 Å². The Hall–Kier alpha value is -2.55. The van der Waals surface area contributed by atoms with Crippen molar-refractivity contribution in [2.45, 2.75) is 354 Å². The molecule has 0 bridgehead atoms. The molecule has 0 fully saturated rings. The molecule has 0 rings (SSSR count). The third-order valence-electron chi connectivity index (χ3n) is 16.2. The lowest BCUT2D eigenvalue weighted by atomic mass is 10.0. The maximum absolute atomic E-state index is 12.8. The average Bonchev–Trinajstić information content (AvgIpc) is 3.67. The van der Waals surface area contributed by atoms with Gasteiger partial charge in [-0.1, -0.05) is 324 Å². The predicted octanol–water partition coefficient (Wildman–Crippen LogP) is 23.3. The summed E-state index contributed by atoms with van der Waals surface area (Å²) in [6, 6.07) is 0. The minimum Gasteiger partial charge on any atom is -0.756 e. The van der Waals surface area contributed by atoms with Gasteiger partial charge in [-0.3, -0.25) is 14.2 Å². The van der Waals surface area contributed by atoms with E-state index < -0.39 is 26.5 Å². The van der Waals surface area contributed by atoms with Crippen LogP contribution in [0.5, 0.6) is 0 Å². The number of likely N-dealkylation sites (N-methyl/N-ethyl adjacent to an activating group) is 1. The van der Waals surface area contributed by atoms with Crippen LogP contribution in [0.25, 0.3) is 0 Å². The Morgan fingerprint density at radius 2 is 0.663 bits per heavy atom. The number of carbonyl (C=O) groups is 2. The minimum atomic E-state index is -4.65. The number of hydrogen-bond acceptors (Lipinski definition) is 8. The Labute approximate surface area is 533 Å². The summed E-state index contributed by atoms with van der Waals surface area (Å²) in [6.07, 6.45) is 90.2. The van der Waals surface area contributed by atoms with Crippen LogP contribution in [0.4, 0.5) is 0 Å². The fourth-order valence-electron chi connectivity index (χ4n) is 10.6. The fraction of sp³-hybridized carbons (Fsp3) is 0.816. The molecule has 0 aromatic carbocycles. The molecule has 10 heteroatoms. The first-order chi connectivity index (χ1) is 42.0. The van der Waals surface area contributed by atoms with Crippen molar-refractivity contribution in [3.05, 3.63) is 72.9 Å². The van der Waals surface area contributed by atoms with Crippen LogP contribution < -0.4 is 4.89 Å². The van der Waals surface area contributed by atoms with Crippen LogP contribution in [0.1, 0.15) is 348 Å². The molecule has 0 aliphatic carbocycles. The highest BCUT2D eigenvalue weighted by Gasteiger charge is 2.22. The van der Waals surface area contributed by atoms with E-state index in [0.717, 1.165) is 83.5 Å². The molecule has 0 heterocycles. The average molecular weight is 1230 g/mol. The molecule has 0 amide bonds. The number of allylic oxidation sites excluding steroid dienone is 12. The lowest BCUT2D eigenvalue weighted by molar-refractivity contribution is -0.870. The van der Waals surface area contributed by atoms with Crippen LogP contribution in [-0.4, -0.2) is 70.0 Å². The predicted molar refractivity (Wildman–Crippen MR) is 370 cm³/mol. The number of rotatable bonds is 68. The highest BCUT2D eigenvalue weighted by atomic mass is 31.2. The molecule has 2 unspecified atom stereocenters. The Morgan fingerprint density at radius 1 is 0.372 bits per heavy atom. The molecule has 2 atom stereocenters. The maximum atomic E-state index is 12.8. The lowest BCUT2D eigenvalue weighted by Crippen LogP contribution is -2.37. The van der Waals surface area contributed by atoms with E-state index in [0.29, 0.717) is 17.4 Å². The van der Waals surface area contributed by atoms with E-state index >= 15 is 0 Å². The number of esters is 2. The van der Waals surface area contributed by atoms with Crippen LogP contribution in [0.3, 0.4) is 0 Å². The van der Waals surface area contributed by atoms with Crippen molar-refractivity contribution >= 4 is 19.8 Å². The van der Waals surface area contributed by atoms with Gasteiger partial charge in [-0.05, 0) is 83.5 Å². The van der Waals surface area contributed by atoms with Crippen molar-refractivity contribution in [2.75, 3.05) is 47.5 Å².